The predicted molar refractivity (Wildman–Crippen MR) is 113 cm³/mol. The van der Waals surface area contributed by atoms with Gasteiger partial charge in [-0.3, -0.25) is 0 Å². The van der Waals surface area contributed by atoms with Crippen molar-refractivity contribution in [2.75, 3.05) is 7.05 Å². The van der Waals surface area contributed by atoms with Crippen LogP contribution in [0.4, 0.5) is 0 Å². The van der Waals surface area contributed by atoms with Crippen LogP contribution in [0, 0.1) is 6.92 Å². The second kappa shape index (κ2) is 16.4. The van der Waals surface area contributed by atoms with Crippen molar-refractivity contribution in [2.45, 2.75) is 60.9 Å². The molecule has 0 radical (unpaired) electrons. The lowest BCUT2D eigenvalue weighted by molar-refractivity contribution is 0.795. The van der Waals surface area contributed by atoms with E-state index in [0.717, 1.165) is 17.2 Å². The van der Waals surface area contributed by atoms with E-state index in [2.05, 4.69) is 60.4 Å². The van der Waals surface area contributed by atoms with Crippen molar-refractivity contribution in [3.05, 3.63) is 58.1 Å². The molecule has 0 saturated carbocycles. The normalized spacial score (nSPS) is 8.88. The number of rotatable bonds is 4. The number of aryl methyl sites for hydroxylation is 1. The van der Waals surface area contributed by atoms with E-state index < -0.39 is 0 Å². The maximum absolute atomic E-state index is 4.26. The molecule has 0 aliphatic carbocycles. The smallest absolute Gasteiger partial charge is 0.0897 e. The second-order valence-electron chi connectivity index (χ2n) is 4.92. The van der Waals surface area contributed by atoms with Crippen LogP contribution in [0.2, 0.25) is 0 Å². The molecule has 0 unspecified atom stereocenters. The van der Waals surface area contributed by atoms with Gasteiger partial charge in [0.1, 0.15) is 0 Å². The summed E-state index contributed by atoms with van der Waals surface area (Å²) in [6.07, 6.45) is 1.88. The molecule has 0 bridgehead atoms. The fourth-order valence-corrected chi connectivity index (χ4v) is 2.33. The van der Waals surface area contributed by atoms with Crippen LogP contribution < -0.4 is 5.32 Å². The first-order valence-corrected chi connectivity index (χ1v) is 9.72. The zero-order valence-corrected chi connectivity index (χ0v) is 17.6. The van der Waals surface area contributed by atoms with Crippen LogP contribution in [0.1, 0.15) is 69.3 Å². The monoisotopic (exact) mass is 348 g/mol. The highest BCUT2D eigenvalue weighted by Gasteiger charge is 1.97. The summed E-state index contributed by atoms with van der Waals surface area (Å²) in [6, 6.07) is 8.47. The first-order chi connectivity index (χ1) is 11.6. The van der Waals surface area contributed by atoms with Crippen LogP contribution in [0.5, 0.6) is 0 Å². The van der Waals surface area contributed by atoms with Crippen LogP contribution in [0.15, 0.2) is 36.2 Å². The molecular weight excluding hydrogens is 312 g/mol. The van der Waals surface area contributed by atoms with Gasteiger partial charge in [-0.2, -0.15) is 0 Å². The molecule has 1 aromatic carbocycles. The minimum absolute atomic E-state index is 0.606. The van der Waals surface area contributed by atoms with Crippen LogP contribution in [-0.2, 0) is 6.54 Å². The Morgan fingerprint density at radius 1 is 1.21 bits per heavy atom. The lowest BCUT2D eigenvalue weighted by Crippen LogP contribution is -2.04. The Morgan fingerprint density at radius 3 is 2.25 bits per heavy atom. The summed E-state index contributed by atoms with van der Waals surface area (Å²) in [5, 5.41) is 6.26. The van der Waals surface area contributed by atoms with E-state index in [1.807, 2.05) is 47.7 Å². The van der Waals surface area contributed by atoms with Crippen LogP contribution in [-0.4, -0.2) is 12.0 Å². The van der Waals surface area contributed by atoms with Gasteiger partial charge in [0.15, 0.2) is 0 Å². The maximum Gasteiger partial charge on any atom is 0.0897 e. The molecular formula is C21H36N2S. The number of nitrogens with one attached hydrogen (secondary N) is 1. The number of aromatic nitrogens is 1. The molecule has 1 N–H and O–H groups in total. The molecule has 0 spiro atoms. The first-order valence-electron chi connectivity index (χ1n) is 8.84. The molecule has 0 amide bonds. The Bertz CT molecular complexity index is 530. The highest BCUT2D eigenvalue weighted by atomic mass is 32.1. The van der Waals surface area contributed by atoms with E-state index in [4.69, 9.17) is 0 Å². The fourth-order valence-electron chi connectivity index (χ4n) is 1.72. The summed E-state index contributed by atoms with van der Waals surface area (Å²) in [5.74, 6) is 0.606. The molecule has 3 heteroatoms. The summed E-state index contributed by atoms with van der Waals surface area (Å²) >= 11 is 1.69. The summed E-state index contributed by atoms with van der Waals surface area (Å²) in [5.41, 5.74) is 3.72. The third kappa shape index (κ3) is 11.1. The van der Waals surface area contributed by atoms with E-state index >= 15 is 0 Å². The molecule has 136 valence electrons. The van der Waals surface area contributed by atoms with Gasteiger partial charge in [0.25, 0.3) is 0 Å². The van der Waals surface area contributed by atoms with Gasteiger partial charge in [-0.05, 0) is 31.0 Å². The SMILES string of the molecule is C=Cc1cccc(C(C)C)c1.CC.CC.CNCc1csc(C)n1. The van der Waals surface area contributed by atoms with E-state index in [0.29, 0.717) is 5.92 Å². The van der Waals surface area contributed by atoms with Gasteiger partial charge in [0.2, 0.25) is 0 Å². The third-order valence-electron chi connectivity index (χ3n) is 2.84. The Balaban J connectivity index is 0. The van der Waals surface area contributed by atoms with E-state index in [9.17, 15) is 0 Å². The number of thiazole rings is 1. The molecule has 0 fully saturated rings. The lowest BCUT2D eigenvalue weighted by Gasteiger charge is -2.04. The van der Waals surface area contributed by atoms with Crippen molar-refractivity contribution in [1.29, 1.82) is 0 Å². The summed E-state index contributed by atoms with van der Waals surface area (Å²) in [4.78, 5) is 4.26. The van der Waals surface area contributed by atoms with Crippen molar-refractivity contribution < 1.29 is 0 Å². The number of nitrogens with zero attached hydrogens (tertiary/aromatic N) is 1. The van der Waals surface area contributed by atoms with Crippen molar-refractivity contribution >= 4 is 17.4 Å². The number of hydrogen-bond donors (Lipinski definition) is 1. The Hall–Kier alpha value is -1.45. The van der Waals surface area contributed by atoms with Crippen molar-refractivity contribution in [3.8, 4) is 0 Å². The highest BCUT2D eigenvalue weighted by molar-refractivity contribution is 7.09. The van der Waals surface area contributed by atoms with E-state index in [1.165, 1.54) is 11.1 Å². The van der Waals surface area contributed by atoms with Gasteiger partial charge in [-0.1, -0.05) is 78.5 Å². The Morgan fingerprint density at radius 2 is 1.83 bits per heavy atom. The van der Waals surface area contributed by atoms with Crippen LogP contribution >= 0.6 is 11.3 Å². The van der Waals surface area contributed by atoms with Gasteiger partial charge in [-0.25, -0.2) is 4.98 Å². The molecule has 24 heavy (non-hydrogen) atoms. The quantitative estimate of drug-likeness (QED) is 0.667. The van der Waals surface area contributed by atoms with E-state index in [1.54, 1.807) is 11.3 Å². The van der Waals surface area contributed by atoms with Crippen LogP contribution in [0.25, 0.3) is 6.08 Å². The minimum Gasteiger partial charge on any atom is -0.314 e. The summed E-state index contributed by atoms with van der Waals surface area (Å²) in [7, 11) is 1.93. The molecule has 0 aliphatic heterocycles. The maximum atomic E-state index is 4.26. The Labute approximate surface area is 154 Å². The highest BCUT2D eigenvalue weighted by Crippen LogP contribution is 2.15. The van der Waals surface area contributed by atoms with Gasteiger partial charge < -0.3 is 5.32 Å². The van der Waals surface area contributed by atoms with Gasteiger partial charge >= 0.3 is 0 Å². The average molecular weight is 349 g/mol. The predicted octanol–water partition coefficient (Wildman–Crippen LogP) is 6.68. The van der Waals surface area contributed by atoms with Crippen molar-refractivity contribution in [1.82, 2.24) is 10.3 Å². The van der Waals surface area contributed by atoms with Gasteiger partial charge in [0, 0.05) is 11.9 Å². The summed E-state index contributed by atoms with van der Waals surface area (Å²) in [6.45, 7) is 19.0. The Kier molecular flexibility index (Phi) is 17.0. The van der Waals surface area contributed by atoms with Gasteiger partial charge in [-0.15, -0.1) is 11.3 Å². The topological polar surface area (TPSA) is 24.9 Å². The molecule has 0 aliphatic rings. The van der Waals surface area contributed by atoms with E-state index in [-0.39, 0.29) is 0 Å². The molecule has 2 nitrogen and oxygen atoms in total. The molecule has 1 aromatic heterocycles. The molecule has 2 rings (SSSR count). The zero-order chi connectivity index (χ0) is 19.0. The third-order valence-corrected chi connectivity index (χ3v) is 3.66. The van der Waals surface area contributed by atoms with Crippen molar-refractivity contribution in [3.63, 3.8) is 0 Å². The number of hydrogen-bond acceptors (Lipinski definition) is 3. The second-order valence-corrected chi connectivity index (χ2v) is 5.98. The molecule has 1 heterocycles. The largest absolute Gasteiger partial charge is 0.314 e. The number of benzene rings is 1. The van der Waals surface area contributed by atoms with Gasteiger partial charge in [0.05, 0.1) is 10.7 Å². The fraction of sp³-hybridized carbons (Fsp3) is 0.476. The average Bonchev–Trinajstić information content (AvgIpc) is 3.04. The minimum atomic E-state index is 0.606. The standard InChI is InChI=1S/C11H14.C6H10N2S.2C2H6/c1-4-10-6-5-7-11(8-10)9(2)3;1-5-8-6(3-7-2)4-9-5;2*1-2/h4-9H,1H2,2-3H3;4,7H,3H2,1-2H3;2*1-2H3. The lowest BCUT2D eigenvalue weighted by atomic mass is 10.0. The first kappa shape index (κ1) is 24.8. The molecule has 0 atom stereocenters. The van der Waals surface area contributed by atoms with Crippen LogP contribution in [0.3, 0.4) is 0 Å². The summed E-state index contributed by atoms with van der Waals surface area (Å²) < 4.78 is 0. The zero-order valence-electron chi connectivity index (χ0n) is 16.8. The van der Waals surface area contributed by atoms with Crippen molar-refractivity contribution in [2.24, 2.45) is 0 Å². The molecule has 0 saturated heterocycles. The molecule has 2 aromatic rings.